The normalized spacial score (nSPS) is 10.6. The van der Waals surface area contributed by atoms with Gasteiger partial charge in [-0.25, -0.2) is 9.97 Å². The van der Waals surface area contributed by atoms with E-state index in [1.165, 1.54) is 11.9 Å². The highest BCUT2D eigenvalue weighted by molar-refractivity contribution is 5.68. The third-order valence-electron chi connectivity index (χ3n) is 4.45. The fraction of sp³-hybridized carbons (Fsp3) is 0.273. The molecule has 0 aliphatic carbocycles. The highest BCUT2D eigenvalue weighted by Gasteiger charge is 2.13. The lowest BCUT2D eigenvalue weighted by Gasteiger charge is -2.15. The zero-order chi connectivity index (χ0) is 20.8. The number of aromatic nitrogens is 2. The Hall–Kier alpha value is -3.48. The van der Waals surface area contributed by atoms with Crippen LogP contribution in [0.3, 0.4) is 0 Å². The summed E-state index contributed by atoms with van der Waals surface area (Å²) in [6, 6.07) is 13.8. The Kier molecular flexibility index (Phi) is 6.39. The van der Waals surface area contributed by atoms with Crippen LogP contribution in [0.5, 0.6) is 17.2 Å². The number of nitrogens with one attached hydrogen (secondary N) is 2. The van der Waals surface area contributed by atoms with Crippen LogP contribution in [0.25, 0.3) is 0 Å². The first-order valence-electron chi connectivity index (χ1n) is 9.30. The molecule has 0 aliphatic heterocycles. The first kappa shape index (κ1) is 20.3. The van der Waals surface area contributed by atoms with Gasteiger partial charge in [-0.2, -0.15) is 0 Å². The fourth-order valence-corrected chi connectivity index (χ4v) is 2.89. The summed E-state index contributed by atoms with van der Waals surface area (Å²) in [7, 11) is 4.74. The van der Waals surface area contributed by atoms with Gasteiger partial charge in [-0.3, -0.25) is 0 Å². The number of benzene rings is 2. The van der Waals surface area contributed by atoms with Crippen LogP contribution in [0.4, 0.5) is 23.0 Å². The number of methoxy groups -OCH3 is 3. The molecule has 0 amide bonds. The molecular weight excluding hydrogens is 368 g/mol. The molecule has 0 bridgehead atoms. The van der Waals surface area contributed by atoms with Crippen LogP contribution < -0.4 is 24.8 Å². The zero-order valence-corrected chi connectivity index (χ0v) is 17.3. The molecule has 3 rings (SSSR count). The second-order valence-electron chi connectivity index (χ2n) is 6.73. The van der Waals surface area contributed by atoms with Crippen LogP contribution in [0.2, 0.25) is 0 Å². The second kappa shape index (κ2) is 9.14. The van der Waals surface area contributed by atoms with Gasteiger partial charge in [0.25, 0.3) is 0 Å². The quantitative estimate of drug-likeness (QED) is 0.549. The van der Waals surface area contributed by atoms with E-state index in [2.05, 4.69) is 46.6 Å². The van der Waals surface area contributed by atoms with Gasteiger partial charge in [-0.15, -0.1) is 0 Å². The van der Waals surface area contributed by atoms with Gasteiger partial charge in [-0.1, -0.05) is 26.0 Å². The van der Waals surface area contributed by atoms with Crippen molar-refractivity contribution in [2.45, 2.75) is 19.8 Å². The van der Waals surface area contributed by atoms with Crippen molar-refractivity contribution in [3.8, 4) is 17.2 Å². The smallest absolute Gasteiger partial charge is 0.203 e. The van der Waals surface area contributed by atoms with Crippen LogP contribution in [0, 0.1) is 0 Å². The molecule has 0 saturated carbocycles. The summed E-state index contributed by atoms with van der Waals surface area (Å²) in [6.45, 7) is 4.35. The number of anilines is 4. The van der Waals surface area contributed by atoms with Crippen molar-refractivity contribution >= 4 is 23.0 Å². The molecule has 152 valence electrons. The van der Waals surface area contributed by atoms with E-state index >= 15 is 0 Å². The van der Waals surface area contributed by atoms with Crippen LogP contribution in [-0.2, 0) is 0 Å². The second-order valence-corrected chi connectivity index (χ2v) is 6.73. The summed E-state index contributed by atoms with van der Waals surface area (Å²) in [4.78, 5) is 8.59. The summed E-state index contributed by atoms with van der Waals surface area (Å²) < 4.78 is 16.2. The zero-order valence-electron chi connectivity index (χ0n) is 17.3. The van der Waals surface area contributed by atoms with E-state index in [1.807, 2.05) is 30.3 Å². The maximum Gasteiger partial charge on any atom is 0.203 e. The van der Waals surface area contributed by atoms with Gasteiger partial charge in [0, 0.05) is 29.6 Å². The molecule has 0 spiro atoms. The van der Waals surface area contributed by atoms with E-state index in [9.17, 15) is 0 Å². The lowest BCUT2D eigenvalue weighted by atomic mass is 10.0. The molecular formula is C22H26N4O3. The van der Waals surface area contributed by atoms with E-state index in [1.54, 1.807) is 21.3 Å². The molecule has 0 saturated heterocycles. The molecule has 0 fully saturated rings. The van der Waals surface area contributed by atoms with Crippen LogP contribution in [-0.4, -0.2) is 31.3 Å². The van der Waals surface area contributed by atoms with Gasteiger partial charge in [0.2, 0.25) is 5.75 Å². The molecule has 3 aromatic rings. The van der Waals surface area contributed by atoms with Crippen molar-refractivity contribution in [2.75, 3.05) is 32.0 Å². The predicted molar refractivity (Wildman–Crippen MR) is 115 cm³/mol. The third-order valence-corrected chi connectivity index (χ3v) is 4.45. The average molecular weight is 394 g/mol. The van der Waals surface area contributed by atoms with Gasteiger partial charge in [0.1, 0.15) is 18.0 Å². The molecule has 1 aromatic heterocycles. The molecule has 0 radical (unpaired) electrons. The molecule has 0 atom stereocenters. The molecule has 0 aliphatic rings. The summed E-state index contributed by atoms with van der Waals surface area (Å²) >= 11 is 0. The van der Waals surface area contributed by atoms with Crippen molar-refractivity contribution in [3.63, 3.8) is 0 Å². The lowest BCUT2D eigenvalue weighted by molar-refractivity contribution is 0.324. The van der Waals surface area contributed by atoms with Crippen molar-refractivity contribution in [1.29, 1.82) is 0 Å². The van der Waals surface area contributed by atoms with Gasteiger partial charge < -0.3 is 24.8 Å². The minimum absolute atomic E-state index is 0.498. The number of nitrogens with zero attached hydrogens (tertiary/aromatic N) is 2. The summed E-state index contributed by atoms with van der Waals surface area (Å²) in [5.74, 6) is 3.48. The van der Waals surface area contributed by atoms with Crippen molar-refractivity contribution < 1.29 is 14.2 Å². The summed E-state index contributed by atoms with van der Waals surface area (Å²) in [6.07, 6.45) is 1.51. The molecule has 2 N–H and O–H groups in total. The maximum atomic E-state index is 5.40. The SMILES string of the molecule is COc1cc(Nc2cc(Nc3ccc(C(C)C)cc3)ncn2)cc(OC)c1OC. The molecule has 1 heterocycles. The number of ether oxygens (including phenoxy) is 3. The van der Waals surface area contributed by atoms with Gasteiger partial charge >= 0.3 is 0 Å². The van der Waals surface area contributed by atoms with Crippen molar-refractivity contribution in [2.24, 2.45) is 0 Å². The van der Waals surface area contributed by atoms with E-state index < -0.39 is 0 Å². The number of rotatable bonds is 8. The fourth-order valence-electron chi connectivity index (χ4n) is 2.89. The van der Waals surface area contributed by atoms with Crippen molar-refractivity contribution in [1.82, 2.24) is 9.97 Å². The molecule has 7 nitrogen and oxygen atoms in total. The topological polar surface area (TPSA) is 77.5 Å². The number of hydrogen-bond donors (Lipinski definition) is 2. The molecule has 0 unspecified atom stereocenters. The van der Waals surface area contributed by atoms with E-state index in [0.29, 0.717) is 34.8 Å². The Balaban J connectivity index is 1.79. The Bertz CT molecular complexity index is 934. The Morgan fingerprint density at radius 2 is 1.28 bits per heavy atom. The van der Waals surface area contributed by atoms with E-state index in [-0.39, 0.29) is 0 Å². The van der Waals surface area contributed by atoms with E-state index in [0.717, 1.165) is 11.4 Å². The van der Waals surface area contributed by atoms with Gasteiger partial charge in [0.05, 0.1) is 21.3 Å². The molecule has 7 heteroatoms. The minimum Gasteiger partial charge on any atom is -0.493 e. The molecule has 29 heavy (non-hydrogen) atoms. The van der Waals surface area contributed by atoms with E-state index in [4.69, 9.17) is 14.2 Å². The first-order chi connectivity index (χ1) is 14.0. The monoisotopic (exact) mass is 394 g/mol. The largest absolute Gasteiger partial charge is 0.493 e. The first-order valence-corrected chi connectivity index (χ1v) is 9.30. The molecule has 2 aromatic carbocycles. The predicted octanol–water partition coefficient (Wildman–Crippen LogP) is 5.11. The average Bonchev–Trinajstić information content (AvgIpc) is 2.73. The highest BCUT2D eigenvalue weighted by Crippen LogP contribution is 2.40. The Morgan fingerprint density at radius 1 is 0.724 bits per heavy atom. The summed E-state index contributed by atoms with van der Waals surface area (Å²) in [5.41, 5.74) is 3.01. The Morgan fingerprint density at radius 3 is 1.76 bits per heavy atom. The standard InChI is InChI=1S/C22H26N4O3/c1-14(2)15-6-8-16(9-7-15)25-20-12-21(24-13-23-20)26-17-10-18(27-3)22(29-5)19(11-17)28-4/h6-14H,1-5H3,(H2,23,24,25,26). The lowest BCUT2D eigenvalue weighted by Crippen LogP contribution is -2.00. The maximum absolute atomic E-state index is 5.40. The number of hydrogen-bond acceptors (Lipinski definition) is 7. The van der Waals surface area contributed by atoms with Crippen LogP contribution in [0.1, 0.15) is 25.3 Å². The van der Waals surface area contributed by atoms with Gasteiger partial charge in [-0.05, 0) is 23.6 Å². The van der Waals surface area contributed by atoms with Crippen LogP contribution >= 0.6 is 0 Å². The highest BCUT2D eigenvalue weighted by atomic mass is 16.5. The third kappa shape index (κ3) is 4.87. The Labute approximate surface area is 171 Å². The summed E-state index contributed by atoms with van der Waals surface area (Å²) in [5, 5.41) is 6.55. The van der Waals surface area contributed by atoms with Crippen LogP contribution in [0.15, 0.2) is 48.8 Å². The van der Waals surface area contributed by atoms with Crippen molar-refractivity contribution in [3.05, 3.63) is 54.4 Å². The minimum atomic E-state index is 0.498. The van der Waals surface area contributed by atoms with Gasteiger partial charge in [0.15, 0.2) is 11.5 Å².